The normalized spacial score (nSPS) is 3.00. The molecular formula is LaNO2-. The SMILES string of the molecule is O=N[O-].[La]. The quantitative estimate of drug-likeness (QED) is 0.401. The topological polar surface area (TPSA) is 52.5 Å². The molecule has 0 unspecified atom stereocenters. The Bertz CT molecular complexity index is 13.5. The van der Waals surface area contributed by atoms with Gasteiger partial charge in [0.25, 0.3) is 0 Å². The summed E-state index contributed by atoms with van der Waals surface area (Å²) in [6.45, 7) is 0. The minimum absolute atomic E-state index is 0. The van der Waals surface area contributed by atoms with Crippen molar-refractivity contribution < 1.29 is 35.6 Å². The van der Waals surface area contributed by atoms with E-state index in [1.807, 2.05) is 0 Å². The van der Waals surface area contributed by atoms with Crippen LogP contribution in [0.2, 0.25) is 0 Å². The average molecular weight is 185 g/mol. The second-order valence-electron chi connectivity index (χ2n) is 0.0745. The summed E-state index contributed by atoms with van der Waals surface area (Å²) in [6, 6.07) is 0. The number of nitrogens with zero attached hydrogens (tertiary/aromatic N) is 1. The molecule has 4 heavy (non-hydrogen) atoms. The Balaban J connectivity index is 0. The Morgan fingerprint density at radius 1 is 1.75 bits per heavy atom. The zero-order valence-corrected chi connectivity index (χ0v) is 5.47. The van der Waals surface area contributed by atoms with Crippen molar-refractivity contribution in [3.05, 3.63) is 10.1 Å². The van der Waals surface area contributed by atoms with Crippen LogP contribution in [0.25, 0.3) is 0 Å². The maximum absolute atomic E-state index is 8.00. The van der Waals surface area contributed by atoms with Crippen molar-refractivity contribution in [3.63, 3.8) is 0 Å². The maximum Gasteiger partial charge on any atom is 0 e. The minimum Gasteiger partial charge on any atom is -0.444 e. The molecule has 1 radical (unpaired) electrons. The minimum atomic E-state index is 0. The molecular weight excluding hydrogens is 185 g/mol. The number of rotatable bonds is 0. The molecule has 0 aromatic heterocycles. The summed E-state index contributed by atoms with van der Waals surface area (Å²) in [6.07, 6.45) is 0. The van der Waals surface area contributed by atoms with Crippen molar-refractivity contribution in [3.8, 4) is 0 Å². The molecule has 0 aromatic carbocycles. The van der Waals surface area contributed by atoms with Crippen molar-refractivity contribution in [1.29, 1.82) is 0 Å². The monoisotopic (exact) mass is 185 g/mol. The molecule has 0 saturated heterocycles. The molecule has 0 rings (SSSR count). The average Bonchev–Trinajstić information content (AvgIpc) is 0.918. The van der Waals surface area contributed by atoms with Crippen LogP contribution >= 0.6 is 0 Å². The van der Waals surface area contributed by atoms with E-state index in [1.165, 1.54) is 0 Å². The van der Waals surface area contributed by atoms with E-state index in [9.17, 15) is 0 Å². The van der Waals surface area contributed by atoms with E-state index < -0.39 is 0 Å². The fraction of sp³-hybridized carbons (Fsp3) is 0. The van der Waals surface area contributed by atoms with Gasteiger partial charge in [-0.1, -0.05) is 0 Å². The van der Waals surface area contributed by atoms with Gasteiger partial charge < -0.3 is 10.1 Å². The molecule has 3 nitrogen and oxygen atoms in total. The molecule has 0 heterocycles. The molecule has 21 valence electrons. The molecule has 0 amide bonds. The van der Waals surface area contributed by atoms with Crippen molar-refractivity contribution in [2.75, 3.05) is 0 Å². The fourth-order valence-electron chi connectivity index (χ4n) is 0. The molecule has 0 atom stereocenters. The van der Waals surface area contributed by atoms with E-state index in [0.29, 0.717) is 0 Å². The smallest absolute Gasteiger partial charge is 0 e. The molecule has 0 saturated carbocycles. The van der Waals surface area contributed by atoms with Gasteiger partial charge in [-0.3, -0.25) is 0 Å². The molecule has 0 N–H and O–H groups in total. The van der Waals surface area contributed by atoms with Crippen molar-refractivity contribution >= 4 is 0 Å². The summed E-state index contributed by atoms with van der Waals surface area (Å²) in [5.41, 5.74) is 0. The second kappa shape index (κ2) is 9.52. The molecule has 0 bridgehead atoms. The van der Waals surface area contributed by atoms with Crippen molar-refractivity contribution in [2.45, 2.75) is 0 Å². The van der Waals surface area contributed by atoms with Crippen LogP contribution in [0.15, 0.2) is 5.34 Å². The van der Waals surface area contributed by atoms with Crippen LogP contribution in [-0.2, 0) is 0 Å². The maximum atomic E-state index is 8.00. The summed E-state index contributed by atoms with van der Waals surface area (Å²) in [7, 11) is 0. The first-order chi connectivity index (χ1) is 1.41. The van der Waals surface area contributed by atoms with E-state index in [2.05, 4.69) is 0 Å². The first kappa shape index (κ1) is 8.82. The van der Waals surface area contributed by atoms with Crippen LogP contribution < -0.4 is 0 Å². The van der Waals surface area contributed by atoms with Gasteiger partial charge in [0, 0.05) is 35.6 Å². The molecule has 0 fully saturated rings. The third-order valence-electron chi connectivity index (χ3n) is 0. The van der Waals surface area contributed by atoms with E-state index in [0.717, 1.165) is 5.34 Å². The largest absolute Gasteiger partial charge is 0.444 e. The second-order valence-corrected chi connectivity index (χ2v) is 0.0745. The molecule has 0 aliphatic rings. The Morgan fingerprint density at radius 3 is 1.75 bits per heavy atom. The van der Waals surface area contributed by atoms with Gasteiger partial charge in [-0.15, -0.1) is 5.34 Å². The van der Waals surface area contributed by atoms with Crippen LogP contribution in [0.1, 0.15) is 0 Å². The number of hydrogen-bond acceptors (Lipinski definition) is 3. The van der Waals surface area contributed by atoms with Crippen LogP contribution in [-0.4, -0.2) is 0 Å². The van der Waals surface area contributed by atoms with Gasteiger partial charge in [-0.25, -0.2) is 0 Å². The van der Waals surface area contributed by atoms with Gasteiger partial charge in [-0.2, -0.15) is 0 Å². The van der Waals surface area contributed by atoms with E-state index in [1.54, 1.807) is 0 Å². The van der Waals surface area contributed by atoms with E-state index in [-0.39, 0.29) is 35.6 Å². The van der Waals surface area contributed by atoms with Crippen molar-refractivity contribution in [2.24, 2.45) is 5.34 Å². The Hall–Kier alpha value is 0.595. The Labute approximate surface area is 50.9 Å². The van der Waals surface area contributed by atoms with Crippen LogP contribution in [0.5, 0.6) is 0 Å². The predicted molar refractivity (Wildman–Crippen MR) is 9.16 cm³/mol. The Kier molecular flexibility index (Phi) is 21.0. The van der Waals surface area contributed by atoms with Gasteiger partial charge in [0.05, 0.1) is 0 Å². The molecule has 0 aliphatic carbocycles. The molecule has 0 spiro atoms. The van der Waals surface area contributed by atoms with Crippen LogP contribution in [0.3, 0.4) is 0 Å². The fourth-order valence-corrected chi connectivity index (χ4v) is 0. The summed E-state index contributed by atoms with van der Waals surface area (Å²) in [4.78, 5) is 8.00. The molecule has 4 heteroatoms. The summed E-state index contributed by atoms with van der Waals surface area (Å²) < 4.78 is 0. The van der Waals surface area contributed by atoms with Crippen LogP contribution in [0.4, 0.5) is 0 Å². The first-order valence-corrected chi connectivity index (χ1v) is 0.365. The van der Waals surface area contributed by atoms with Crippen LogP contribution in [0, 0.1) is 45.7 Å². The summed E-state index contributed by atoms with van der Waals surface area (Å²) in [5, 5.41) is 9.00. The zero-order chi connectivity index (χ0) is 2.71. The molecule has 0 aromatic rings. The van der Waals surface area contributed by atoms with Gasteiger partial charge in [0.2, 0.25) is 0 Å². The van der Waals surface area contributed by atoms with Crippen molar-refractivity contribution in [1.82, 2.24) is 0 Å². The Morgan fingerprint density at radius 2 is 1.75 bits per heavy atom. The van der Waals surface area contributed by atoms with Gasteiger partial charge in [0.15, 0.2) is 0 Å². The number of hydrogen-bond donors (Lipinski definition) is 0. The molecule has 0 aliphatic heterocycles. The zero-order valence-electron chi connectivity index (χ0n) is 1.84. The van der Waals surface area contributed by atoms with Gasteiger partial charge in [0.1, 0.15) is 0 Å². The standard InChI is InChI=1S/La.HNO2/c;2-1-3/h;(H,2,3)/p-1. The summed E-state index contributed by atoms with van der Waals surface area (Å²) in [5.74, 6) is 0. The predicted octanol–water partition coefficient (Wildman–Crippen LogP) is 0.251. The van der Waals surface area contributed by atoms with Gasteiger partial charge in [-0.05, 0) is 0 Å². The third-order valence-corrected chi connectivity index (χ3v) is 0. The van der Waals surface area contributed by atoms with E-state index in [4.69, 9.17) is 10.1 Å². The summed E-state index contributed by atoms with van der Waals surface area (Å²) >= 11 is 0. The third kappa shape index (κ3) is 18.7. The van der Waals surface area contributed by atoms with Gasteiger partial charge >= 0.3 is 0 Å². The van der Waals surface area contributed by atoms with E-state index >= 15 is 0 Å². The first-order valence-electron chi connectivity index (χ1n) is 0.365.